The number of nitrogens with zero attached hydrogens (tertiary/aromatic N) is 2. The van der Waals surface area contributed by atoms with E-state index in [0.717, 1.165) is 33.7 Å². The zero-order chi connectivity index (χ0) is 24.8. The molecule has 0 aliphatic rings. The summed E-state index contributed by atoms with van der Waals surface area (Å²) in [7, 11) is 0. The Morgan fingerprint density at radius 2 is 1.77 bits per heavy atom. The molecule has 35 heavy (non-hydrogen) atoms. The molecule has 0 aliphatic heterocycles. The van der Waals surface area contributed by atoms with Crippen LogP contribution in [0.3, 0.4) is 0 Å². The van der Waals surface area contributed by atoms with Gasteiger partial charge in [0, 0.05) is 47.7 Å². The number of hydrogen-bond donors (Lipinski definition) is 3. The molecule has 178 valence electrons. The third-order valence-corrected chi connectivity index (χ3v) is 5.63. The fourth-order valence-electron chi connectivity index (χ4n) is 3.73. The van der Waals surface area contributed by atoms with Crippen LogP contribution in [0.5, 0.6) is 5.75 Å². The van der Waals surface area contributed by atoms with Crippen molar-refractivity contribution >= 4 is 11.9 Å². The molecule has 0 atom stereocenters. The Labute approximate surface area is 203 Å². The number of nitrogens with one attached hydrogen (secondary N) is 2. The standard InChI is InChI=1S/C27H27N5O3/c1-17-12-18(2)32-26(34)24(17)16-29-25(33)20-8-6-19(7-9-20)10-11-35-23-5-3-4-21(13-23)22-14-30-27(28)31-15-22/h3-9,12-15H,10-11,16H2,1-2H3,(H,29,33)(H,32,34)(H2,28,30,31). The first kappa shape index (κ1) is 23.7. The molecule has 0 saturated heterocycles. The van der Waals surface area contributed by atoms with Gasteiger partial charge in [-0.1, -0.05) is 24.3 Å². The van der Waals surface area contributed by atoms with Crippen LogP contribution in [-0.4, -0.2) is 27.5 Å². The maximum absolute atomic E-state index is 12.5. The van der Waals surface area contributed by atoms with Crippen molar-refractivity contribution in [2.24, 2.45) is 0 Å². The second-order valence-electron chi connectivity index (χ2n) is 8.28. The average molecular weight is 470 g/mol. The topological polar surface area (TPSA) is 123 Å². The van der Waals surface area contributed by atoms with Crippen LogP contribution in [0.1, 0.15) is 32.7 Å². The Kier molecular flexibility index (Phi) is 7.21. The largest absolute Gasteiger partial charge is 0.493 e. The van der Waals surface area contributed by atoms with Gasteiger partial charge in [-0.15, -0.1) is 0 Å². The van der Waals surface area contributed by atoms with Crippen LogP contribution in [0, 0.1) is 13.8 Å². The van der Waals surface area contributed by atoms with Gasteiger partial charge in [-0.05, 0) is 60.9 Å². The molecule has 2 aromatic carbocycles. The minimum absolute atomic E-state index is 0.175. The first-order valence-corrected chi connectivity index (χ1v) is 11.3. The molecule has 4 N–H and O–H groups in total. The summed E-state index contributed by atoms with van der Waals surface area (Å²) in [5.74, 6) is 0.758. The summed E-state index contributed by atoms with van der Waals surface area (Å²) in [6.45, 7) is 4.36. The van der Waals surface area contributed by atoms with E-state index in [1.54, 1.807) is 24.5 Å². The summed E-state index contributed by atoms with van der Waals surface area (Å²) in [4.78, 5) is 35.5. The highest BCUT2D eigenvalue weighted by Gasteiger charge is 2.10. The highest BCUT2D eigenvalue weighted by molar-refractivity contribution is 5.94. The Morgan fingerprint density at radius 3 is 2.49 bits per heavy atom. The van der Waals surface area contributed by atoms with Crippen LogP contribution in [0.2, 0.25) is 0 Å². The molecule has 0 bridgehead atoms. The van der Waals surface area contributed by atoms with E-state index in [1.807, 2.05) is 56.3 Å². The second-order valence-corrected chi connectivity index (χ2v) is 8.28. The van der Waals surface area contributed by atoms with E-state index in [0.29, 0.717) is 24.2 Å². The zero-order valence-corrected chi connectivity index (χ0v) is 19.7. The first-order valence-electron chi connectivity index (χ1n) is 11.3. The quantitative estimate of drug-likeness (QED) is 0.362. The molecule has 0 unspecified atom stereocenters. The number of rotatable bonds is 8. The highest BCUT2D eigenvalue weighted by Crippen LogP contribution is 2.23. The Bertz CT molecular complexity index is 1380. The molecule has 8 nitrogen and oxygen atoms in total. The maximum Gasteiger partial charge on any atom is 0.253 e. The summed E-state index contributed by atoms with van der Waals surface area (Å²) in [6.07, 6.45) is 4.05. The van der Waals surface area contributed by atoms with Crippen LogP contribution >= 0.6 is 0 Å². The number of benzene rings is 2. The van der Waals surface area contributed by atoms with Gasteiger partial charge in [0.25, 0.3) is 11.5 Å². The van der Waals surface area contributed by atoms with Crippen molar-refractivity contribution in [2.45, 2.75) is 26.8 Å². The van der Waals surface area contributed by atoms with E-state index in [4.69, 9.17) is 10.5 Å². The molecule has 0 saturated carbocycles. The number of nitrogen functional groups attached to an aromatic ring is 1. The van der Waals surface area contributed by atoms with Gasteiger partial charge in [-0.25, -0.2) is 9.97 Å². The van der Waals surface area contributed by atoms with Crippen molar-refractivity contribution in [1.82, 2.24) is 20.3 Å². The van der Waals surface area contributed by atoms with E-state index in [-0.39, 0.29) is 24.0 Å². The number of amides is 1. The fourth-order valence-corrected chi connectivity index (χ4v) is 3.73. The molecule has 2 aromatic heterocycles. The number of carbonyl (C=O) groups is 1. The van der Waals surface area contributed by atoms with Crippen LogP contribution < -0.4 is 21.3 Å². The number of aryl methyl sites for hydroxylation is 2. The van der Waals surface area contributed by atoms with Gasteiger partial charge in [-0.3, -0.25) is 9.59 Å². The van der Waals surface area contributed by atoms with E-state index in [9.17, 15) is 9.59 Å². The number of hydrogen-bond acceptors (Lipinski definition) is 6. The third kappa shape index (κ3) is 6.11. The molecule has 0 radical (unpaired) electrons. The van der Waals surface area contributed by atoms with Gasteiger partial charge < -0.3 is 20.8 Å². The van der Waals surface area contributed by atoms with E-state index in [2.05, 4.69) is 20.3 Å². The molecule has 0 fully saturated rings. The first-order chi connectivity index (χ1) is 16.9. The molecule has 4 aromatic rings. The summed E-state index contributed by atoms with van der Waals surface area (Å²) in [5.41, 5.74) is 11.0. The van der Waals surface area contributed by atoms with E-state index >= 15 is 0 Å². The lowest BCUT2D eigenvalue weighted by Gasteiger charge is -2.10. The van der Waals surface area contributed by atoms with Crippen LogP contribution in [0.4, 0.5) is 5.95 Å². The maximum atomic E-state index is 12.5. The summed E-state index contributed by atoms with van der Waals surface area (Å²) in [6, 6.07) is 17.0. The molecule has 0 spiro atoms. The number of carbonyl (C=O) groups excluding carboxylic acids is 1. The van der Waals surface area contributed by atoms with Gasteiger partial charge in [0.15, 0.2) is 0 Å². The lowest BCUT2D eigenvalue weighted by Crippen LogP contribution is -2.27. The van der Waals surface area contributed by atoms with Crippen molar-refractivity contribution in [2.75, 3.05) is 12.3 Å². The van der Waals surface area contributed by atoms with Gasteiger partial charge in [0.2, 0.25) is 5.95 Å². The van der Waals surface area contributed by atoms with Crippen LogP contribution in [-0.2, 0) is 13.0 Å². The molecule has 2 heterocycles. The summed E-state index contributed by atoms with van der Waals surface area (Å²) >= 11 is 0. The Morgan fingerprint density at radius 1 is 1.03 bits per heavy atom. The summed E-state index contributed by atoms with van der Waals surface area (Å²) < 4.78 is 5.91. The molecule has 1 amide bonds. The Balaban J connectivity index is 1.30. The van der Waals surface area contributed by atoms with Gasteiger partial charge in [0.05, 0.1) is 6.61 Å². The smallest absolute Gasteiger partial charge is 0.253 e. The molecule has 4 rings (SSSR count). The molecular weight excluding hydrogens is 442 g/mol. The second kappa shape index (κ2) is 10.6. The number of aromatic nitrogens is 3. The average Bonchev–Trinajstić information content (AvgIpc) is 2.84. The van der Waals surface area contributed by atoms with Crippen LogP contribution in [0.25, 0.3) is 11.1 Å². The van der Waals surface area contributed by atoms with Crippen LogP contribution in [0.15, 0.2) is 71.8 Å². The number of pyridine rings is 1. The predicted octanol–water partition coefficient (Wildman–Crippen LogP) is 3.58. The van der Waals surface area contributed by atoms with Crippen molar-refractivity contribution in [1.29, 1.82) is 0 Å². The summed E-state index contributed by atoms with van der Waals surface area (Å²) in [5, 5.41) is 2.82. The van der Waals surface area contributed by atoms with E-state index in [1.165, 1.54) is 0 Å². The molecule has 0 aliphatic carbocycles. The number of ether oxygens (including phenoxy) is 1. The number of H-pyrrole nitrogens is 1. The monoisotopic (exact) mass is 469 g/mol. The highest BCUT2D eigenvalue weighted by atomic mass is 16.5. The van der Waals surface area contributed by atoms with Crippen molar-refractivity contribution in [3.8, 4) is 16.9 Å². The number of aromatic amines is 1. The normalized spacial score (nSPS) is 10.7. The van der Waals surface area contributed by atoms with Gasteiger partial charge in [0.1, 0.15) is 5.75 Å². The molecule has 8 heteroatoms. The SMILES string of the molecule is Cc1cc(C)c(CNC(=O)c2ccc(CCOc3cccc(-c4cnc(N)nc4)c3)cc2)c(=O)[nH]1. The van der Waals surface area contributed by atoms with Crippen molar-refractivity contribution in [3.63, 3.8) is 0 Å². The minimum Gasteiger partial charge on any atom is -0.493 e. The van der Waals surface area contributed by atoms with Crippen molar-refractivity contribution in [3.05, 3.63) is 105 Å². The molecular formula is C27H27N5O3. The van der Waals surface area contributed by atoms with Crippen molar-refractivity contribution < 1.29 is 9.53 Å². The lowest BCUT2D eigenvalue weighted by molar-refractivity contribution is 0.0950. The number of nitrogens with two attached hydrogens (primary N) is 1. The predicted molar refractivity (Wildman–Crippen MR) is 135 cm³/mol. The zero-order valence-electron chi connectivity index (χ0n) is 19.7. The van der Waals surface area contributed by atoms with E-state index < -0.39 is 0 Å². The van der Waals surface area contributed by atoms with Gasteiger partial charge in [-0.2, -0.15) is 0 Å². The Hall–Kier alpha value is -4.46. The fraction of sp³-hybridized carbons (Fsp3) is 0.185. The minimum atomic E-state index is -0.226. The van der Waals surface area contributed by atoms with Gasteiger partial charge >= 0.3 is 0 Å². The lowest BCUT2D eigenvalue weighted by atomic mass is 10.1. The third-order valence-electron chi connectivity index (χ3n) is 5.63. The number of anilines is 1.